The predicted molar refractivity (Wildman–Crippen MR) is 40.7 cm³/mol. The fourth-order valence-corrected chi connectivity index (χ4v) is 1.08. The molecule has 0 heterocycles. The molecule has 0 aromatic carbocycles. The first-order valence-electron chi connectivity index (χ1n) is 3.92. The van der Waals surface area contributed by atoms with E-state index in [9.17, 15) is 4.39 Å². The summed E-state index contributed by atoms with van der Waals surface area (Å²) in [5.74, 6) is -1.36. The molecule has 0 radical (unpaired) electrons. The maximum Gasteiger partial charge on any atom is 0.208 e. The second-order valence-corrected chi connectivity index (χ2v) is 2.59. The molecule has 10 heavy (non-hydrogen) atoms. The predicted octanol–water partition coefficient (Wildman–Crippen LogP) is 2.90. The van der Waals surface area contributed by atoms with Gasteiger partial charge in [-0.1, -0.05) is 26.7 Å². The van der Waals surface area contributed by atoms with Crippen LogP contribution < -0.4 is 0 Å². The molecule has 0 saturated heterocycles. The Morgan fingerprint density at radius 1 is 1.20 bits per heavy atom. The molecule has 0 aliphatic heterocycles. The number of halogens is 1. The van der Waals surface area contributed by atoms with Gasteiger partial charge in [-0.25, -0.2) is 4.39 Å². The molecule has 0 aromatic rings. The van der Waals surface area contributed by atoms with Crippen LogP contribution in [0.5, 0.6) is 0 Å². The third kappa shape index (κ3) is 3.16. The largest absolute Gasteiger partial charge is 0.349 e. The molecular weight excluding hydrogens is 131 g/mol. The minimum Gasteiger partial charge on any atom is -0.349 e. The standard InChI is InChI=1S/C8H17FO/c1-4-6-8(9,10-3)7-5-2/h4-7H2,1-3H3. The molecule has 0 aliphatic carbocycles. The first kappa shape index (κ1) is 9.89. The van der Waals surface area contributed by atoms with Gasteiger partial charge < -0.3 is 4.74 Å². The van der Waals surface area contributed by atoms with Crippen molar-refractivity contribution in [2.75, 3.05) is 7.11 Å². The van der Waals surface area contributed by atoms with Crippen molar-refractivity contribution < 1.29 is 9.13 Å². The van der Waals surface area contributed by atoms with Crippen LogP contribution in [-0.2, 0) is 4.74 Å². The van der Waals surface area contributed by atoms with Crippen LogP contribution in [0.1, 0.15) is 39.5 Å². The van der Waals surface area contributed by atoms with E-state index in [0.717, 1.165) is 12.8 Å². The van der Waals surface area contributed by atoms with Gasteiger partial charge in [0.1, 0.15) is 0 Å². The lowest BCUT2D eigenvalue weighted by Crippen LogP contribution is -2.24. The highest BCUT2D eigenvalue weighted by Crippen LogP contribution is 2.24. The van der Waals surface area contributed by atoms with Crippen LogP contribution in [0.2, 0.25) is 0 Å². The molecule has 0 spiro atoms. The summed E-state index contributed by atoms with van der Waals surface area (Å²) in [4.78, 5) is 0. The van der Waals surface area contributed by atoms with Crippen molar-refractivity contribution in [1.82, 2.24) is 0 Å². The van der Waals surface area contributed by atoms with Crippen molar-refractivity contribution in [1.29, 1.82) is 0 Å². The van der Waals surface area contributed by atoms with Crippen LogP contribution in [0.3, 0.4) is 0 Å². The van der Waals surface area contributed by atoms with Gasteiger partial charge in [-0.15, -0.1) is 0 Å². The molecule has 0 fully saturated rings. The molecule has 0 amide bonds. The zero-order valence-electron chi connectivity index (χ0n) is 7.11. The molecule has 0 saturated carbocycles. The molecule has 0 rings (SSSR count). The van der Waals surface area contributed by atoms with Gasteiger partial charge in [-0.2, -0.15) is 0 Å². The van der Waals surface area contributed by atoms with Gasteiger partial charge in [0.05, 0.1) is 0 Å². The normalized spacial score (nSPS) is 12.0. The van der Waals surface area contributed by atoms with Crippen LogP contribution in [0.25, 0.3) is 0 Å². The highest BCUT2D eigenvalue weighted by Gasteiger charge is 2.25. The summed E-state index contributed by atoms with van der Waals surface area (Å²) >= 11 is 0. The Kier molecular flexibility index (Phi) is 4.62. The second kappa shape index (κ2) is 4.67. The topological polar surface area (TPSA) is 9.23 Å². The highest BCUT2D eigenvalue weighted by atomic mass is 19.2. The SMILES string of the molecule is CCCC(F)(CCC)OC. The number of hydrogen-bond donors (Lipinski definition) is 0. The van der Waals surface area contributed by atoms with E-state index >= 15 is 0 Å². The van der Waals surface area contributed by atoms with Gasteiger partial charge in [0.2, 0.25) is 5.85 Å². The molecule has 0 unspecified atom stereocenters. The molecule has 0 bridgehead atoms. The molecule has 0 N–H and O–H groups in total. The minimum atomic E-state index is -1.36. The smallest absolute Gasteiger partial charge is 0.208 e. The number of ether oxygens (including phenoxy) is 1. The van der Waals surface area contributed by atoms with E-state index in [2.05, 4.69) is 0 Å². The average Bonchev–Trinajstić information content (AvgIpc) is 1.89. The van der Waals surface area contributed by atoms with Crippen LogP contribution in [0.15, 0.2) is 0 Å². The van der Waals surface area contributed by atoms with E-state index in [1.54, 1.807) is 0 Å². The van der Waals surface area contributed by atoms with Crippen molar-refractivity contribution in [3.8, 4) is 0 Å². The zero-order valence-corrected chi connectivity index (χ0v) is 7.11. The van der Waals surface area contributed by atoms with Gasteiger partial charge in [0.15, 0.2) is 0 Å². The van der Waals surface area contributed by atoms with Crippen LogP contribution in [0, 0.1) is 0 Å². The first-order valence-corrected chi connectivity index (χ1v) is 3.92. The summed E-state index contributed by atoms with van der Waals surface area (Å²) in [6.45, 7) is 3.92. The molecule has 1 nitrogen and oxygen atoms in total. The van der Waals surface area contributed by atoms with E-state index in [1.165, 1.54) is 7.11 Å². The molecule has 62 valence electrons. The van der Waals surface area contributed by atoms with E-state index in [-0.39, 0.29) is 0 Å². The lowest BCUT2D eigenvalue weighted by atomic mass is 10.1. The Bertz CT molecular complexity index is 77.3. The molecular formula is C8H17FO. The van der Waals surface area contributed by atoms with Crippen molar-refractivity contribution in [3.05, 3.63) is 0 Å². The second-order valence-electron chi connectivity index (χ2n) is 2.59. The highest BCUT2D eigenvalue weighted by molar-refractivity contribution is 4.65. The van der Waals surface area contributed by atoms with Gasteiger partial charge in [-0.05, 0) is 0 Å². The van der Waals surface area contributed by atoms with Crippen molar-refractivity contribution in [3.63, 3.8) is 0 Å². The fraction of sp³-hybridized carbons (Fsp3) is 1.00. The van der Waals surface area contributed by atoms with Gasteiger partial charge in [0, 0.05) is 20.0 Å². The average molecular weight is 148 g/mol. The number of methoxy groups -OCH3 is 1. The Labute approximate surface area is 62.6 Å². The zero-order chi connectivity index (χ0) is 8.04. The first-order chi connectivity index (χ1) is 4.68. The molecule has 0 aliphatic rings. The van der Waals surface area contributed by atoms with Crippen LogP contribution in [0.4, 0.5) is 4.39 Å². The van der Waals surface area contributed by atoms with Gasteiger partial charge in [0.25, 0.3) is 0 Å². The van der Waals surface area contributed by atoms with Gasteiger partial charge >= 0.3 is 0 Å². The van der Waals surface area contributed by atoms with Crippen LogP contribution >= 0.6 is 0 Å². The van der Waals surface area contributed by atoms with Crippen molar-refractivity contribution in [2.24, 2.45) is 0 Å². The third-order valence-electron chi connectivity index (χ3n) is 1.61. The Morgan fingerprint density at radius 2 is 1.60 bits per heavy atom. The van der Waals surface area contributed by atoms with E-state index in [4.69, 9.17) is 4.74 Å². The Morgan fingerprint density at radius 3 is 1.80 bits per heavy atom. The van der Waals surface area contributed by atoms with Gasteiger partial charge in [-0.3, -0.25) is 0 Å². The maximum atomic E-state index is 13.3. The lowest BCUT2D eigenvalue weighted by molar-refractivity contribution is -0.132. The maximum absolute atomic E-state index is 13.3. The Hall–Kier alpha value is -0.110. The summed E-state index contributed by atoms with van der Waals surface area (Å²) in [5, 5.41) is 0. The van der Waals surface area contributed by atoms with E-state index < -0.39 is 5.85 Å². The van der Waals surface area contributed by atoms with E-state index in [0.29, 0.717) is 12.8 Å². The number of rotatable bonds is 5. The molecule has 0 aromatic heterocycles. The van der Waals surface area contributed by atoms with Crippen LogP contribution in [-0.4, -0.2) is 13.0 Å². The third-order valence-corrected chi connectivity index (χ3v) is 1.61. The molecule has 2 heteroatoms. The monoisotopic (exact) mass is 148 g/mol. The van der Waals surface area contributed by atoms with Crippen molar-refractivity contribution >= 4 is 0 Å². The van der Waals surface area contributed by atoms with Crippen molar-refractivity contribution in [2.45, 2.75) is 45.4 Å². The minimum absolute atomic E-state index is 0.511. The summed E-state index contributed by atoms with van der Waals surface area (Å²) in [5.41, 5.74) is 0. The fourth-order valence-electron chi connectivity index (χ4n) is 1.08. The van der Waals surface area contributed by atoms with E-state index in [1.807, 2.05) is 13.8 Å². The quantitative estimate of drug-likeness (QED) is 0.582. The number of alkyl halides is 1. The molecule has 0 atom stereocenters. The summed E-state index contributed by atoms with van der Waals surface area (Å²) < 4.78 is 18.1. The lowest BCUT2D eigenvalue weighted by Gasteiger charge is -2.22. The summed E-state index contributed by atoms with van der Waals surface area (Å²) in [6, 6.07) is 0. The summed E-state index contributed by atoms with van der Waals surface area (Å²) in [7, 11) is 1.44. The Balaban J connectivity index is 3.69. The number of hydrogen-bond acceptors (Lipinski definition) is 1. The summed E-state index contributed by atoms with van der Waals surface area (Å²) in [6.07, 6.45) is 2.70.